The fourth-order valence-electron chi connectivity index (χ4n) is 3.00. The summed E-state index contributed by atoms with van der Waals surface area (Å²) in [5.74, 6) is 0.266. The van der Waals surface area contributed by atoms with E-state index < -0.39 is 4.75 Å². The SMILES string of the molecule is C=C(OC)c1ccc(CC2(C)SC(=N[C@@H](C)c3ccc(F)cc3)NC2=O)cc1. The first-order valence-electron chi connectivity index (χ1n) is 8.96. The Morgan fingerprint density at radius 1 is 1.25 bits per heavy atom. The quantitative estimate of drug-likeness (QED) is 0.716. The number of methoxy groups -OCH3 is 1. The summed E-state index contributed by atoms with van der Waals surface area (Å²) in [7, 11) is 1.59. The summed E-state index contributed by atoms with van der Waals surface area (Å²) >= 11 is 1.43. The third kappa shape index (κ3) is 4.44. The smallest absolute Gasteiger partial charge is 0.242 e. The number of hydrogen-bond acceptors (Lipinski definition) is 4. The minimum Gasteiger partial charge on any atom is -0.497 e. The van der Waals surface area contributed by atoms with Crippen LogP contribution in [0.5, 0.6) is 0 Å². The van der Waals surface area contributed by atoms with Crippen LogP contribution in [-0.2, 0) is 16.0 Å². The molecule has 6 heteroatoms. The van der Waals surface area contributed by atoms with Gasteiger partial charge in [0.2, 0.25) is 5.91 Å². The molecule has 0 aliphatic carbocycles. The number of aliphatic imine (C=N–C) groups is 1. The van der Waals surface area contributed by atoms with Gasteiger partial charge in [-0.05, 0) is 43.5 Å². The number of rotatable bonds is 6. The minimum atomic E-state index is -0.638. The molecule has 2 atom stereocenters. The monoisotopic (exact) mass is 398 g/mol. The highest BCUT2D eigenvalue weighted by Gasteiger charge is 2.42. The topological polar surface area (TPSA) is 50.7 Å². The summed E-state index contributed by atoms with van der Waals surface area (Å²) in [4.78, 5) is 17.2. The number of ether oxygens (including phenoxy) is 1. The van der Waals surface area contributed by atoms with E-state index in [0.29, 0.717) is 17.3 Å². The van der Waals surface area contributed by atoms with Crippen molar-refractivity contribution in [3.8, 4) is 0 Å². The van der Waals surface area contributed by atoms with Crippen LogP contribution >= 0.6 is 11.8 Å². The standard InChI is InChI=1S/C22H23FN2O2S/c1-14(17-9-11-19(23)12-10-17)24-21-25-20(26)22(3,28-21)13-16-5-7-18(8-6-16)15(2)27-4/h5-12,14H,2,13H2,1,3-4H3,(H,24,25,26)/t14-,22?/m0/s1. The number of benzene rings is 2. The molecule has 0 bridgehead atoms. The van der Waals surface area contributed by atoms with Gasteiger partial charge in [-0.25, -0.2) is 4.39 Å². The molecule has 1 fully saturated rings. The van der Waals surface area contributed by atoms with Crippen molar-refractivity contribution in [2.45, 2.75) is 31.1 Å². The van der Waals surface area contributed by atoms with Gasteiger partial charge in [0, 0.05) is 5.56 Å². The predicted molar refractivity (Wildman–Crippen MR) is 113 cm³/mol. The molecular formula is C22H23FN2O2S. The van der Waals surface area contributed by atoms with Crippen LogP contribution < -0.4 is 5.32 Å². The van der Waals surface area contributed by atoms with E-state index in [4.69, 9.17) is 4.74 Å². The molecule has 0 aromatic heterocycles. The second-order valence-corrected chi connectivity index (χ2v) is 8.44. The number of carbonyl (C=O) groups excluding carboxylic acids is 1. The number of amidine groups is 1. The van der Waals surface area contributed by atoms with E-state index in [1.165, 1.54) is 23.9 Å². The zero-order valence-electron chi connectivity index (χ0n) is 16.2. The Morgan fingerprint density at radius 3 is 2.50 bits per heavy atom. The maximum absolute atomic E-state index is 13.1. The normalized spacial score (nSPS) is 21.4. The Hall–Kier alpha value is -2.60. The van der Waals surface area contributed by atoms with Crippen LogP contribution in [0.2, 0.25) is 0 Å². The lowest BCUT2D eigenvalue weighted by Crippen LogP contribution is -2.35. The molecule has 1 aliphatic heterocycles. The maximum atomic E-state index is 13.1. The van der Waals surface area contributed by atoms with E-state index in [9.17, 15) is 9.18 Å². The molecule has 2 aromatic rings. The van der Waals surface area contributed by atoms with Gasteiger partial charge in [-0.2, -0.15) is 0 Å². The molecule has 0 radical (unpaired) electrons. The van der Waals surface area contributed by atoms with Gasteiger partial charge in [-0.1, -0.05) is 54.7 Å². The fraction of sp³-hybridized carbons (Fsp3) is 0.273. The summed E-state index contributed by atoms with van der Waals surface area (Å²) in [5, 5.41) is 3.47. The molecule has 1 saturated heterocycles. The first-order valence-corrected chi connectivity index (χ1v) is 9.78. The zero-order chi connectivity index (χ0) is 20.3. The molecule has 1 heterocycles. The van der Waals surface area contributed by atoms with Gasteiger partial charge in [0.05, 0.1) is 13.2 Å². The van der Waals surface area contributed by atoms with Gasteiger partial charge in [0.15, 0.2) is 5.17 Å². The van der Waals surface area contributed by atoms with Crippen molar-refractivity contribution in [2.24, 2.45) is 4.99 Å². The van der Waals surface area contributed by atoms with E-state index >= 15 is 0 Å². The third-order valence-electron chi connectivity index (χ3n) is 4.75. The number of thioether (sulfide) groups is 1. The summed E-state index contributed by atoms with van der Waals surface area (Å²) in [5.41, 5.74) is 2.85. The second kappa shape index (κ2) is 8.19. The molecule has 28 heavy (non-hydrogen) atoms. The van der Waals surface area contributed by atoms with Crippen LogP contribution in [0.15, 0.2) is 60.1 Å². The van der Waals surface area contributed by atoms with Crippen LogP contribution in [0.1, 0.15) is 36.6 Å². The van der Waals surface area contributed by atoms with E-state index in [1.807, 2.05) is 38.1 Å². The Morgan fingerprint density at radius 2 is 1.89 bits per heavy atom. The average molecular weight is 399 g/mol. The summed E-state index contributed by atoms with van der Waals surface area (Å²) < 4.78 is 17.6. The molecule has 1 aliphatic rings. The highest BCUT2D eigenvalue weighted by molar-refractivity contribution is 8.16. The third-order valence-corrected chi connectivity index (χ3v) is 5.93. The maximum Gasteiger partial charge on any atom is 0.242 e. The Labute approximate surface area is 168 Å². The van der Waals surface area contributed by atoms with Crippen molar-refractivity contribution < 1.29 is 13.9 Å². The van der Waals surface area contributed by atoms with Gasteiger partial charge in [0.1, 0.15) is 16.3 Å². The number of halogens is 1. The molecule has 1 unspecified atom stereocenters. The zero-order valence-corrected chi connectivity index (χ0v) is 17.0. The molecule has 2 aromatic carbocycles. The second-order valence-electron chi connectivity index (χ2n) is 6.95. The summed E-state index contributed by atoms with van der Waals surface area (Å²) in [6.07, 6.45) is 0.577. The molecule has 1 N–H and O–H groups in total. The lowest BCUT2D eigenvalue weighted by molar-refractivity contribution is -0.121. The first kappa shape index (κ1) is 20.1. The first-order chi connectivity index (χ1) is 13.3. The Bertz CT molecular complexity index is 909. The number of nitrogens with one attached hydrogen (secondary N) is 1. The molecule has 146 valence electrons. The predicted octanol–water partition coefficient (Wildman–Crippen LogP) is 4.72. The van der Waals surface area contributed by atoms with Crippen LogP contribution in [0, 0.1) is 5.82 Å². The van der Waals surface area contributed by atoms with Gasteiger partial charge in [-0.3, -0.25) is 9.79 Å². The van der Waals surface area contributed by atoms with E-state index in [-0.39, 0.29) is 17.8 Å². The Balaban J connectivity index is 1.71. The van der Waals surface area contributed by atoms with Crippen LogP contribution in [0.25, 0.3) is 5.76 Å². The van der Waals surface area contributed by atoms with E-state index in [0.717, 1.165) is 16.7 Å². The highest BCUT2D eigenvalue weighted by atomic mass is 32.2. The highest BCUT2D eigenvalue weighted by Crippen LogP contribution is 2.36. The van der Waals surface area contributed by atoms with Crippen LogP contribution in [-0.4, -0.2) is 22.9 Å². The van der Waals surface area contributed by atoms with Gasteiger partial charge in [0.25, 0.3) is 0 Å². The van der Waals surface area contributed by atoms with Gasteiger partial charge >= 0.3 is 0 Å². The van der Waals surface area contributed by atoms with Crippen molar-refractivity contribution in [3.05, 3.63) is 77.6 Å². The average Bonchev–Trinajstić information content (AvgIpc) is 2.95. The lowest BCUT2D eigenvalue weighted by atomic mass is 9.98. The number of amides is 1. The van der Waals surface area contributed by atoms with Gasteiger partial charge < -0.3 is 10.1 Å². The molecule has 3 rings (SSSR count). The molecule has 0 saturated carbocycles. The molecule has 4 nitrogen and oxygen atoms in total. The number of nitrogens with zero attached hydrogens (tertiary/aromatic N) is 1. The minimum absolute atomic E-state index is 0.0621. The number of carbonyl (C=O) groups is 1. The summed E-state index contributed by atoms with van der Waals surface area (Å²) in [6.45, 7) is 7.68. The van der Waals surface area contributed by atoms with Crippen molar-refractivity contribution in [2.75, 3.05) is 7.11 Å². The Kier molecular flexibility index (Phi) is 5.89. The molecule has 0 spiro atoms. The lowest BCUT2D eigenvalue weighted by Gasteiger charge is -2.19. The molecule has 1 amide bonds. The van der Waals surface area contributed by atoms with Crippen molar-refractivity contribution in [3.63, 3.8) is 0 Å². The fourth-order valence-corrected chi connectivity index (χ4v) is 4.16. The van der Waals surface area contributed by atoms with Crippen molar-refractivity contribution in [1.29, 1.82) is 0 Å². The van der Waals surface area contributed by atoms with Crippen LogP contribution in [0.4, 0.5) is 4.39 Å². The van der Waals surface area contributed by atoms with Crippen LogP contribution in [0.3, 0.4) is 0 Å². The van der Waals surface area contributed by atoms with E-state index in [2.05, 4.69) is 16.9 Å². The largest absolute Gasteiger partial charge is 0.497 e. The molecular weight excluding hydrogens is 375 g/mol. The van der Waals surface area contributed by atoms with Crippen molar-refractivity contribution in [1.82, 2.24) is 5.32 Å². The van der Waals surface area contributed by atoms with Gasteiger partial charge in [-0.15, -0.1) is 0 Å². The summed E-state index contributed by atoms with van der Waals surface area (Å²) in [6, 6.07) is 13.9. The van der Waals surface area contributed by atoms with Crippen molar-refractivity contribution >= 4 is 28.6 Å². The number of hydrogen-bond donors (Lipinski definition) is 1. The van der Waals surface area contributed by atoms with E-state index in [1.54, 1.807) is 19.2 Å².